The number of oxazole rings is 1. The van der Waals surface area contributed by atoms with Crippen molar-refractivity contribution >= 4 is 33.0 Å². The summed E-state index contributed by atoms with van der Waals surface area (Å²) in [6.45, 7) is 0.956. The van der Waals surface area contributed by atoms with Crippen LogP contribution in [0.2, 0.25) is 0 Å². The fourth-order valence-electron chi connectivity index (χ4n) is 2.21. The first-order chi connectivity index (χ1) is 8.38. The standard InChI is InChI=1S/C13H15BrN2O/c14-8-9-16(10-4-3-5-10)13-15-11-6-1-2-7-12(11)17-13/h1-2,6-7,10H,3-5,8-9H2. The van der Waals surface area contributed by atoms with E-state index < -0.39 is 0 Å². The van der Waals surface area contributed by atoms with Crippen LogP contribution < -0.4 is 4.90 Å². The molecule has 0 aliphatic heterocycles. The quantitative estimate of drug-likeness (QED) is 0.807. The summed E-state index contributed by atoms with van der Waals surface area (Å²) >= 11 is 3.50. The van der Waals surface area contributed by atoms with Gasteiger partial charge in [-0.1, -0.05) is 28.1 Å². The second-order valence-corrected chi connectivity index (χ2v) is 5.22. The van der Waals surface area contributed by atoms with Gasteiger partial charge >= 0.3 is 0 Å². The average molecular weight is 295 g/mol. The summed E-state index contributed by atoms with van der Waals surface area (Å²) < 4.78 is 5.83. The van der Waals surface area contributed by atoms with Crippen molar-refractivity contribution in [2.24, 2.45) is 0 Å². The second kappa shape index (κ2) is 4.69. The molecule has 0 N–H and O–H groups in total. The van der Waals surface area contributed by atoms with Gasteiger partial charge in [-0.05, 0) is 31.4 Å². The maximum absolute atomic E-state index is 5.83. The lowest BCUT2D eigenvalue weighted by atomic mass is 9.92. The Morgan fingerprint density at radius 1 is 1.35 bits per heavy atom. The first kappa shape index (κ1) is 11.1. The molecule has 1 aromatic carbocycles. The van der Waals surface area contributed by atoms with Crippen LogP contribution in [0.15, 0.2) is 28.7 Å². The highest BCUT2D eigenvalue weighted by atomic mass is 79.9. The minimum atomic E-state index is 0.612. The van der Waals surface area contributed by atoms with E-state index >= 15 is 0 Å². The van der Waals surface area contributed by atoms with Gasteiger partial charge in [-0.3, -0.25) is 0 Å². The Balaban J connectivity index is 1.93. The van der Waals surface area contributed by atoms with Crippen LogP contribution in [0.1, 0.15) is 19.3 Å². The Bertz CT molecular complexity index is 474. The van der Waals surface area contributed by atoms with E-state index in [2.05, 4.69) is 25.8 Å². The van der Waals surface area contributed by atoms with Gasteiger partial charge in [-0.15, -0.1) is 0 Å². The third-order valence-electron chi connectivity index (χ3n) is 3.37. The Morgan fingerprint density at radius 3 is 2.82 bits per heavy atom. The van der Waals surface area contributed by atoms with Crippen LogP contribution in [-0.4, -0.2) is 22.9 Å². The number of aromatic nitrogens is 1. The minimum absolute atomic E-state index is 0.612. The van der Waals surface area contributed by atoms with Crippen molar-refractivity contribution in [2.45, 2.75) is 25.3 Å². The van der Waals surface area contributed by atoms with Crippen molar-refractivity contribution in [3.8, 4) is 0 Å². The van der Waals surface area contributed by atoms with Crippen molar-refractivity contribution in [2.75, 3.05) is 16.8 Å². The molecule has 4 heteroatoms. The Hall–Kier alpha value is -1.03. The summed E-state index contributed by atoms with van der Waals surface area (Å²) in [6, 6.07) is 9.33. The minimum Gasteiger partial charge on any atom is -0.423 e. The molecule has 1 fully saturated rings. The summed E-state index contributed by atoms with van der Waals surface area (Å²) in [5, 5.41) is 0.947. The topological polar surface area (TPSA) is 29.3 Å². The van der Waals surface area contributed by atoms with E-state index in [0.29, 0.717) is 6.04 Å². The van der Waals surface area contributed by atoms with Crippen LogP contribution in [0.5, 0.6) is 0 Å². The second-order valence-electron chi connectivity index (χ2n) is 4.43. The predicted octanol–water partition coefficient (Wildman–Crippen LogP) is 3.58. The molecule has 1 saturated carbocycles. The summed E-state index contributed by atoms with van der Waals surface area (Å²) in [4.78, 5) is 6.86. The Morgan fingerprint density at radius 2 is 2.18 bits per heavy atom. The number of halogens is 1. The molecule has 1 aromatic heterocycles. The maximum Gasteiger partial charge on any atom is 0.298 e. The predicted molar refractivity (Wildman–Crippen MR) is 72.8 cm³/mol. The van der Waals surface area contributed by atoms with Gasteiger partial charge in [0, 0.05) is 17.9 Å². The number of nitrogens with zero attached hydrogens (tertiary/aromatic N) is 2. The number of fused-ring (bicyclic) bond motifs is 1. The molecule has 1 aliphatic carbocycles. The van der Waals surface area contributed by atoms with Crippen molar-refractivity contribution in [1.82, 2.24) is 4.98 Å². The van der Waals surface area contributed by atoms with Crippen LogP contribution in [0, 0.1) is 0 Å². The molecule has 17 heavy (non-hydrogen) atoms. The monoisotopic (exact) mass is 294 g/mol. The number of para-hydroxylation sites is 2. The van der Waals surface area contributed by atoms with Crippen molar-refractivity contribution in [3.05, 3.63) is 24.3 Å². The van der Waals surface area contributed by atoms with Crippen LogP contribution in [0.4, 0.5) is 6.01 Å². The molecule has 90 valence electrons. The molecule has 0 saturated heterocycles. The lowest BCUT2D eigenvalue weighted by Gasteiger charge is -2.36. The van der Waals surface area contributed by atoms with Crippen molar-refractivity contribution in [3.63, 3.8) is 0 Å². The van der Waals surface area contributed by atoms with Gasteiger partial charge < -0.3 is 9.32 Å². The molecule has 0 spiro atoms. The highest BCUT2D eigenvalue weighted by molar-refractivity contribution is 9.09. The summed E-state index contributed by atoms with van der Waals surface area (Å²) in [7, 11) is 0. The third kappa shape index (κ3) is 2.06. The molecule has 2 aromatic rings. The van der Waals surface area contributed by atoms with E-state index in [0.717, 1.165) is 29.0 Å². The van der Waals surface area contributed by atoms with Crippen LogP contribution >= 0.6 is 15.9 Å². The first-order valence-corrected chi connectivity index (χ1v) is 7.19. The molecule has 0 radical (unpaired) electrons. The Kier molecular flexibility index (Phi) is 3.05. The van der Waals surface area contributed by atoms with Gasteiger partial charge in [-0.25, -0.2) is 0 Å². The molecule has 0 amide bonds. The Labute approximate surface area is 109 Å². The maximum atomic E-state index is 5.83. The third-order valence-corrected chi connectivity index (χ3v) is 3.72. The number of anilines is 1. The average Bonchev–Trinajstić information content (AvgIpc) is 2.69. The van der Waals surface area contributed by atoms with Gasteiger partial charge in [0.2, 0.25) is 0 Å². The van der Waals surface area contributed by atoms with E-state index in [1.807, 2.05) is 24.3 Å². The number of hydrogen-bond acceptors (Lipinski definition) is 3. The van der Waals surface area contributed by atoms with E-state index in [4.69, 9.17) is 4.42 Å². The van der Waals surface area contributed by atoms with Crippen molar-refractivity contribution < 1.29 is 4.42 Å². The zero-order valence-electron chi connectivity index (χ0n) is 9.60. The fourth-order valence-corrected chi connectivity index (χ4v) is 2.59. The smallest absolute Gasteiger partial charge is 0.298 e. The number of rotatable bonds is 4. The highest BCUT2D eigenvalue weighted by Crippen LogP contribution is 2.30. The molecule has 1 heterocycles. The summed E-state index contributed by atoms with van der Waals surface area (Å²) in [6.07, 6.45) is 3.83. The lowest BCUT2D eigenvalue weighted by molar-refractivity contribution is 0.371. The van der Waals surface area contributed by atoms with Crippen LogP contribution in [-0.2, 0) is 0 Å². The number of alkyl halides is 1. The van der Waals surface area contributed by atoms with E-state index in [1.54, 1.807) is 0 Å². The summed E-state index contributed by atoms with van der Waals surface area (Å²) in [5.41, 5.74) is 1.82. The summed E-state index contributed by atoms with van der Waals surface area (Å²) in [5.74, 6) is 0. The van der Waals surface area contributed by atoms with Crippen LogP contribution in [0.3, 0.4) is 0 Å². The van der Waals surface area contributed by atoms with Gasteiger partial charge in [0.25, 0.3) is 6.01 Å². The fraction of sp³-hybridized carbons (Fsp3) is 0.462. The molecular formula is C13H15BrN2O. The molecule has 3 rings (SSSR count). The molecule has 1 aliphatic rings. The normalized spacial score (nSPS) is 16.1. The van der Waals surface area contributed by atoms with E-state index in [-0.39, 0.29) is 0 Å². The van der Waals surface area contributed by atoms with Gasteiger partial charge in [-0.2, -0.15) is 4.98 Å². The zero-order valence-corrected chi connectivity index (χ0v) is 11.2. The number of benzene rings is 1. The van der Waals surface area contributed by atoms with Gasteiger partial charge in [0.15, 0.2) is 5.58 Å². The molecule has 0 unspecified atom stereocenters. The molecule has 0 atom stereocenters. The lowest BCUT2D eigenvalue weighted by Crippen LogP contribution is -2.41. The largest absolute Gasteiger partial charge is 0.423 e. The molecule has 0 bridgehead atoms. The molecule has 3 nitrogen and oxygen atoms in total. The SMILES string of the molecule is BrCCN(c1nc2ccccc2o1)C1CCC1. The van der Waals surface area contributed by atoms with Crippen molar-refractivity contribution in [1.29, 1.82) is 0 Å². The van der Waals surface area contributed by atoms with Gasteiger partial charge in [0.05, 0.1) is 0 Å². The van der Waals surface area contributed by atoms with E-state index in [1.165, 1.54) is 19.3 Å². The molecular weight excluding hydrogens is 280 g/mol. The number of hydrogen-bond donors (Lipinski definition) is 0. The van der Waals surface area contributed by atoms with Gasteiger partial charge in [0.1, 0.15) is 5.52 Å². The highest BCUT2D eigenvalue weighted by Gasteiger charge is 2.27. The van der Waals surface area contributed by atoms with Crippen LogP contribution in [0.25, 0.3) is 11.1 Å². The van der Waals surface area contributed by atoms with E-state index in [9.17, 15) is 0 Å². The zero-order chi connectivity index (χ0) is 11.7. The first-order valence-electron chi connectivity index (χ1n) is 6.06.